The molecule has 1 aliphatic heterocycles. The summed E-state index contributed by atoms with van der Waals surface area (Å²) in [5.41, 5.74) is 6.72. The van der Waals surface area contributed by atoms with E-state index in [-0.39, 0.29) is 0 Å². The molecule has 4 nitrogen and oxygen atoms in total. The van der Waals surface area contributed by atoms with E-state index in [1.807, 2.05) is 17.9 Å². The van der Waals surface area contributed by atoms with Crippen molar-refractivity contribution >= 4 is 5.69 Å². The van der Waals surface area contributed by atoms with Crippen LogP contribution < -0.4 is 10.2 Å². The van der Waals surface area contributed by atoms with Crippen LogP contribution in [-0.4, -0.2) is 23.4 Å². The molecule has 0 fully saturated rings. The van der Waals surface area contributed by atoms with Gasteiger partial charge in [0.15, 0.2) is 0 Å². The molecule has 0 aliphatic carbocycles. The van der Waals surface area contributed by atoms with Crippen LogP contribution in [0.3, 0.4) is 0 Å². The lowest BCUT2D eigenvalue weighted by molar-refractivity contribution is 0.570. The fraction of sp³-hybridized carbons (Fsp3) is 0.471. The molecule has 1 atom stereocenters. The van der Waals surface area contributed by atoms with Crippen LogP contribution in [0.15, 0.2) is 24.4 Å². The summed E-state index contributed by atoms with van der Waals surface area (Å²) >= 11 is 0. The number of nitrogens with one attached hydrogen (secondary N) is 1. The maximum atomic E-state index is 4.32. The van der Waals surface area contributed by atoms with Gasteiger partial charge in [-0.3, -0.25) is 4.68 Å². The Balaban J connectivity index is 1.67. The van der Waals surface area contributed by atoms with Gasteiger partial charge in [0.25, 0.3) is 0 Å². The van der Waals surface area contributed by atoms with Crippen molar-refractivity contribution in [1.82, 2.24) is 15.1 Å². The molecular formula is C17H24N4. The van der Waals surface area contributed by atoms with Gasteiger partial charge in [0.1, 0.15) is 0 Å². The number of hydrogen-bond donors (Lipinski definition) is 1. The fourth-order valence-corrected chi connectivity index (χ4v) is 3.05. The monoisotopic (exact) mass is 284 g/mol. The quantitative estimate of drug-likeness (QED) is 0.937. The summed E-state index contributed by atoms with van der Waals surface area (Å²) < 4.78 is 1.93. The van der Waals surface area contributed by atoms with E-state index in [0.29, 0.717) is 6.04 Å². The SMILES string of the molecule is Cc1c(C(C)NCc2ccc3c(c2)CCN3C)cnn1C. The van der Waals surface area contributed by atoms with Crippen LogP contribution >= 0.6 is 0 Å². The van der Waals surface area contributed by atoms with E-state index in [1.165, 1.54) is 28.1 Å². The lowest BCUT2D eigenvalue weighted by Gasteiger charge is -2.15. The van der Waals surface area contributed by atoms with E-state index in [1.54, 1.807) is 0 Å². The molecule has 0 bridgehead atoms. The third kappa shape index (κ3) is 2.68. The maximum Gasteiger partial charge on any atom is 0.0540 e. The summed E-state index contributed by atoms with van der Waals surface area (Å²) in [6.07, 6.45) is 3.13. The topological polar surface area (TPSA) is 33.1 Å². The van der Waals surface area contributed by atoms with Crippen LogP contribution in [0.5, 0.6) is 0 Å². The molecule has 1 aliphatic rings. The van der Waals surface area contributed by atoms with Crippen molar-refractivity contribution in [2.24, 2.45) is 7.05 Å². The normalized spacial score (nSPS) is 15.3. The van der Waals surface area contributed by atoms with Crippen molar-refractivity contribution in [3.8, 4) is 0 Å². The van der Waals surface area contributed by atoms with Gasteiger partial charge < -0.3 is 10.2 Å². The molecule has 0 saturated heterocycles. The summed E-state index contributed by atoms with van der Waals surface area (Å²) in [5, 5.41) is 7.92. The molecule has 0 amide bonds. The molecule has 1 aromatic carbocycles. The molecule has 4 heteroatoms. The zero-order chi connectivity index (χ0) is 15.0. The second kappa shape index (κ2) is 5.53. The van der Waals surface area contributed by atoms with E-state index in [2.05, 4.69) is 54.4 Å². The molecule has 2 aromatic rings. The standard InChI is InChI=1S/C17H24N4/c1-12(16-11-19-21(4)13(16)2)18-10-14-5-6-17-15(9-14)7-8-20(17)3/h5-6,9,11-12,18H,7-8,10H2,1-4H3. The van der Waals surface area contributed by atoms with Crippen molar-refractivity contribution in [3.63, 3.8) is 0 Å². The van der Waals surface area contributed by atoms with Gasteiger partial charge in [-0.2, -0.15) is 5.10 Å². The first-order valence-electron chi connectivity index (χ1n) is 7.61. The molecule has 21 heavy (non-hydrogen) atoms. The van der Waals surface area contributed by atoms with Crippen molar-refractivity contribution in [2.45, 2.75) is 32.9 Å². The van der Waals surface area contributed by atoms with Crippen LogP contribution in [0.2, 0.25) is 0 Å². The minimum absolute atomic E-state index is 0.314. The number of aryl methyl sites for hydroxylation is 1. The Kier molecular flexibility index (Phi) is 3.72. The molecule has 0 saturated carbocycles. The second-order valence-electron chi connectivity index (χ2n) is 6.05. The van der Waals surface area contributed by atoms with Crippen molar-refractivity contribution in [3.05, 3.63) is 46.8 Å². The Labute approximate surface area is 126 Å². The highest BCUT2D eigenvalue weighted by Crippen LogP contribution is 2.27. The summed E-state index contributed by atoms with van der Waals surface area (Å²) in [6.45, 7) is 6.35. The van der Waals surface area contributed by atoms with Crippen molar-refractivity contribution in [1.29, 1.82) is 0 Å². The molecule has 2 heterocycles. The zero-order valence-corrected chi connectivity index (χ0v) is 13.3. The Morgan fingerprint density at radius 1 is 1.33 bits per heavy atom. The van der Waals surface area contributed by atoms with Gasteiger partial charge in [0, 0.05) is 50.2 Å². The van der Waals surface area contributed by atoms with E-state index < -0.39 is 0 Å². The average molecular weight is 284 g/mol. The van der Waals surface area contributed by atoms with Gasteiger partial charge in [-0.05, 0) is 37.5 Å². The third-order valence-electron chi connectivity index (χ3n) is 4.62. The number of rotatable bonds is 4. The van der Waals surface area contributed by atoms with Gasteiger partial charge in [0.2, 0.25) is 0 Å². The first-order chi connectivity index (χ1) is 10.1. The molecule has 1 aromatic heterocycles. The van der Waals surface area contributed by atoms with Crippen LogP contribution in [0.1, 0.15) is 35.3 Å². The van der Waals surface area contributed by atoms with Gasteiger partial charge in [-0.25, -0.2) is 0 Å². The first-order valence-corrected chi connectivity index (χ1v) is 7.61. The highest BCUT2D eigenvalue weighted by Gasteiger charge is 2.16. The van der Waals surface area contributed by atoms with Crippen molar-refractivity contribution in [2.75, 3.05) is 18.5 Å². The van der Waals surface area contributed by atoms with Gasteiger partial charge in [0.05, 0.1) is 6.20 Å². The molecule has 1 unspecified atom stereocenters. The average Bonchev–Trinajstić information content (AvgIpc) is 3.01. The van der Waals surface area contributed by atoms with Crippen molar-refractivity contribution < 1.29 is 0 Å². The molecule has 112 valence electrons. The number of aromatic nitrogens is 2. The lowest BCUT2D eigenvalue weighted by atomic mass is 10.1. The smallest absolute Gasteiger partial charge is 0.0540 e. The van der Waals surface area contributed by atoms with Crippen LogP contribution in [0.4, 0.5) is 5.69 Å². The highest BCUT2D eigenvalue weighted by molar-refractivity contribution is 5.58. The minimum Gasteiger partial charge on any atom is -0.374 e. The first kappa shape index (κ1) is 14.1. The predicted molar refractivity (Wildman–Crippen MR) is 86.6 cm³/mol. The van der Waals surface area contributed by atoms with Gasteiger partial charge >= 0.3 is 0 Å². The largest absolute Gasteiger partial charge is 0.374 e. The van der Waals surface area contributed by atoms with E-state index in [0.717, 1.165) is 19.5 Å². The summed E-state index contributed by atoms with van der Waals surface area (Å²) in [6, 6.07) is 7.14. The van der Waals surface area contributed by atoms with E-state index in [4.69, 9.17) is 0 Å². The summed E-state index contributed by atoms with van der Waals surface area (Å²) in [4.78, 5) is 2.33. The Bertz CT molecular complexity index is 644. The van der Waals surface area contributed by atoms with E-state index >= 15 is 0 Å². The fourth-order valence-electron chi connectivity index (χ4n) is 3.05. The highest BCUT2D eigenvalue weighted by atomic mass is 15.3. The number of anilines is 1. The summed E-state index contributed by atoms with van der Waals surface area (Å²) in [5.74, 6) is 0. The van der Waals surface area contributed by atoms with Gasteiger partial charge in [-0.1, -0.05) is 12.1 Å². The third-order valence-corrected chi connectivity index (χ3v) is 4.62. The number of fused-ring (bicyclic) bond motifs is 1. The van der Waals surface area contributed by atoms with E-state index in [9.17, 15) is 0 Å². The van der Waals surface area contributed by atoms with Crippen LogP contribution in [0.25, 0.3) is 0 Å². The number of nitrogens with zero attached hydrogens (tertiary/aromatic N) is 3. The number of hydrogen-bond acceptors (Lipinski definition) is 3. The molecular weight excluding hydrogens is 260 g/mol. The van der Waals surface area contributed by atoms with Crippen LogP contribution in [0, 0.1) is 6.92 Å². The molecule has 0 radical (unpaired) electrons. The van der Waals surface area contributed by atoms with Gasteiger partial charge in [-0.15, -0.1) is 0 Å². The molecule has 3 rings (SSSR count). The lowest BCUT2D eigenvalue weighted by Crippen LogP contribution is -2.18. The zero-order valence-electron chi connectivity index (χ0n) is 13.3. The molecule has 1 N–H and O–H groups in total. The predicted octanol–water partition coefficient (Wildman–Crippen LogP) is 2.57. The summed E-state index contributed by atoms with van der Waals surface area (Å²) in [7, 11) is 4.15. The number of likely N-dealkylation sites (N-methyl/N-ethyl adjacent to an activating group) is 1. The number of benzene rings is 1. The molecule has 0 spiro atoms. The minimum atomic E-state index is 0.314. The Morgan fingerprint density at radius 2 is 2.14 bits per heavy atom. The van der Waals surface area contributed by atoms with Crippen LogP contribution in [-0.2, 0) is 20.0 Å². The second-order valence-corrected chi connectivity index (χ2v) is 6.05. The Hall–Kier alpha value is -1.81. The maximum absolute atomic E-state index is 4.32. The Morgan fingerprint density at radius 3 is 2.86 bits per heavy atom.